The predicted octanol–water partition coefficient (Wildman–Crippen LogP) is 1.26. The van der Waals surface area contributed by atoms with Crippen molar-refractivity contribution in [2.75, 3.05) is 6.54 Å². The number of halogens is 1. The first-order valence-electron chi connectivity index (χ1n) is 6.70. The summed E-state index contributed by atoms with van der Waals surface area (Å²) < 4.78 is 26.8. The zero-order chi connectivity index (χ0) is 16.3. The molecule has 0 aliphatic heterocycles. The molecule has 1 aromatic carbocycles. The molecule has 0 radical (unpaired) electrons. The van der Waals surface area contributed by atoms with Gasteiger partial charge in [0.2, 0.25) is 10.0 Å². The van der Waals surface area contributed by atoms with Gasteiger partial charge in [-0.1, -0.05) is 0 Å². The molecule has 1 aromatic rings. The summed E-state index contributed by atoms with van der Waals surface area (Å²) in [7, 11) is -3.59. The van der Waals surface area contributed by atoms with Gasteiger partial charge in [0.15, 0.2) is 0 Å². The molecule has 0 saturated heterocycles. The molecule has 0 unspecified atom stereocenters. The number of hydrogen-bond donors (Lipinski definition) is 3. The molecule has 0 aliphatic carbocycles. The Kier molecular flexibility index (Phi) is 7.50. The summed E-state index contributed by atoms with van der Waals surface area (Å²) in [6.07, 6.45) is 0. The summed E-state index contributed by atoms with van der Waals surface area (Å²) in [5.74, 6) is -0.277. The maximum absolute atomic E-state index is 12.1. The highest BCUT2D eigenvalue weighted by atomic mass is 35.5. The van der Waals surface area contributed by atoms with Gasteiger partial charge in [0.25, 0.3) is 5.91 Å². The van der Waals surface area contributed by atoms with Gasteiger partial charge < -0.3 is 11.1 Å². The topological polar surface area (TPSA) is 101 Å². The van der Waals surface area contributed by atoms with E-state index in [-0.39, 0.29) is 29.3 Å². The fourth-order valence-electron chi connectivity index (χ4n) is 1.61. The van der Waals surface area contributed by atoms with Crippen LogP contribution in [0.3, 0.4) is 0 Å². The molecule has 1 amide bonds. The molecular weight excluding hydrogens is 326 g/mol. The van der Waals surface area contributed by atoms with Crippen LogP contribution in [0.4, 0.5) is 0 Å². The fourth-order valence-corrected chi connectivity index (χ4v) is 3.03. The standard InChI is InChI=1S/C14H23N3O3S.ClH/c1-10(9-15)16-13(18)11-5-7-12(8-6-11)21(19,20)17-14(2,3)4;/h5-8,10,17H,9,15H2,1-4H3,(H,16,18);1H/t10-;/m0./s1. The number of carbonyl (C=O) groups excluding carboxylic acids is 1. The summed E-state index contributed by atoms with van der Waals surface area (Å²) in [4.78, 5) is 12.0. The van der Waals surface area contributed by atoms with Crippen molar-refractivity contribution in [3.05, 3.63) is 29.8 Å². The highest BCUT2D eigenvalue weighted by molar-refractivity contribution is 7.89. The number of nitrogens with one attached hydrogen (secondary N) is 2. The van der Waals surface area contributed by atoms with Crippen LogP contribution in [-0.4, -0.2) is 32.5 Å². The summed E-state index contributed by atoms with van der Waals surface area (Å²) >= 11 is 0. The maximum atomic E-state index is 12.1. The molecular formula is C14H24ClN3O3S. The Morgan fingerprint density at radius 3 is 2.14 bits per heavy atom. The van der Waals surface area contributed by atoms with Gasteiger partial charge >= 0.3 is 0 Å². The van der Waals surface area contributed by atoms with E-state index in [0.717, 1.165) is 0 Å². The molecule has 4 N–H and O–H groups in total. The Morgan fingerprint density at radius 2 is 1.73 bits per heavy atom. The van der Waals surface area contributed by atoms with Crippen molar-refractivity contribution in [1.82, 2.24) is 10.0 Å². The summed E-state index contributed by atoms with van der Waals surface area (Å²) in [6, 6.07) is 5.65. The number of hydrogen-bond acceptors (Lipinski definition) is 4. The Labute approximate surface area is 138 Å². The van der Waals surface area contributed by atoms with Crippen molar-refractivity contribution < 1.29 is 13.2 Å². The number of benzene rings is 1. The van der Waals surface area contributed by atoms with Gasteiger partial charge in [0, 0.05) is 23.7 Å². The lowest BCUT2D eigenvalue weighted by Crippen LogP contribution is -2.40. The second-order valence-electron chi connectivity index (χ2n) is 5.99. The Balaban J connectivity index is 0.00000441. The van der Waals surface area contributed by atoms with Crippen LogP contribution in [0.5, 0.6) is 0 Å². The van der Waals surface area contributed by atoms with Crippen molar-refractivity contribution in [2.24, 2.45) is 5.73 Å². The number of nitrogens with two attached hydrogens (primary N) is 1. The van der Waals surface area contributed by atoms with Gasteiger partial charge in [-0.15, -0.1) is 12.4 Å². The molecule has 0 spiro atoms. The third-order valence-corrected chi connectivity index (χ3v) is 4.37. The molecule has 0 heterocycles. The average Bonchev–Trinajstić information content (AvgIpc) is 2.36. The van der Waals surface area contributed by atoms with E-state index in [1.807, 2.05) is 0 Å². The fraction of sp³-hybridized carbons (Fsp3) is 0.500. The van der Waals surface area contributed by atoms with Crippen LogP contribution in [0.1, 0.15) is 38.1 Å². The predicted molar refractivity (Wildman–Crippen MR) is 89.7 cm³/mol. The minimum atomic E-state index is -3.59. The van der Waals surface area contributed by atoms with Crippen molar-refractivity contribution in [3.8, 4) is 0 Å². The molecule has 0 fully saturated rings. The highest BCUT2D eigenvalue weighted by Crippen LogP contribution is 2.14. The zero-order valence-corrected chi connectivity index (χ0v) is 14.8. The van der Waals surface area contributed by atoms with Gasteiger partial charge in [0.1, 0.15) is 0 Å². The number of sulfonamides is 1. The van der Waals surface area contributed by atoms with E-state index in [1.54, 1.807) is 27.7 Å². The summed E-state index contributed by atoms with van der Waals surface area (Å²) in [5.41, 5.74) is 5.27. The molecule has 0 saturated carbocycles. The minimum absolute atomic E-state index is 0. The van der Waals surface area contributed by atoms with E-state index >= 15 is 0 Å². The van der Waals surface area contributed by atoms with Crippen LogP contribution in [0.15, 0.2) is 29.2 Å². The second-order valence-corrected chi connectivity index (χ2v) is 7.67. The lowest BCUT2D eigenvalue weighted by molar-refractivity contribution is 0.0941. The molecule has 6 nitrogen and oxygen atoms in total. The van der Waals surface area contributed by atoms with Gasteiger partial charge in [-0.05, 0) is 52.0 Å². The number of carbonyl (C=O) groups is 1. The van der Waals surface area contributed by atoms with Gasteiger partial charge in [-0.3, -0.25) is 4.79 Å². The SMILES string of the molecule is C[C@@H](CN)NC(=O)c1ccc(S(=O)(=O)NC(C)(C)C)cc1.Cl. The molecule has 0 aromatic heterocycles. The van der Waals surface area contributed by atoms with Crippen LogP contribution in [0.25, 0.3) is 0 Å². The Bertz CT molecular complexity index is 595. The number of amides is 1. The highest BCUT2D eigenvalue weighted by Gasteiger charge is 2.22. The third-order valence-electron chi connectivity index (χ3n) is 2.60. The van der Waals surface area contributed by atoms with E-state index in [1.165, 1.54) is 24.3 Å². The van der Waals surface area contributed by atoms with E-state index in [4.69, 9.17) is 5.73 Å². The minimum Gasteiger partial charge on any atom is -0.348 e. The molecule has 22 heavy (non-hydrogen) atoms. The van der Waals surface area contributed by atoms with Crippen molar-refractivity contribution in [3.63, 3.8) is 0 Å². The van der Waals surface area contributed by atoms with E-state index < -0.39 is 15.6 Å². The maximum Gasteiger partial charge on any atom is 0.251 e. The third kappa shape index (κ3) is 6.31. The molecule has 8 heteroatoms. The summed E-state index contributed by atoms with van der Waals surface area (Å²) in [6.45, 7) is 7.43. The zero-order valence-electron chi connectivity index (χ0n) is 13.2. The van der Waals surface area contributed by atoms with Crippen LogP contribution >= 0.6 is 12.4 Å². The van der Waals surface area contributed by atoms with Gasteiger partial charge in [0.05, 0.1) is 4.90 Å². The first kappa shape index (κ1) is 20.9. The first-order valence-corrected chi connectivity index (χ1v) is 8.18. The van der Waals surface area contributed by atoms with Crippen molar-refractivity contribution in [1.29, 1.82) is 0 Å². The average molecular weight is 350 g/mol. The number of rotatable bonds is 5. The van der Waals surface area contributed by atoms with Gasteiger partial charge in [-0.2, -0.15) is 0 Å². The lowest BCUT2D eigenvalue weighted by atomic mass is 10.1. The summed E-state index contributed by atoms with van der Waals surface area (Å²) in [5, 5.41) is 2.71. The van der Waals surface area contributed by atoms with E-state index in [2.05, 4.69) is 10.0 Å². The van der Waals surface area contributed by atoms with E-state index in [9.17, 15) is 13.2 Å². The van der Waals surface area contributed by atoms with Crippen LogP contribution in [-0.2, 0) is 10.0 Å². The molecule has 1 rings (SSSR count). The monoisotopic (exact) mass is 349 g/mol. The molecule has 0 aliphatic rings. The quantitative estimate of drug-likeness (QED) is 0.744. The first-order chi connectivity index (χ1) is 9.55. The smallest absolute Gasteiger partial charge is 0.251 e. The van der Waals surface area contributed by atoms with Crippen LogP contribution < -0.4 is 15.8 Å². The van der Waals surface area contributed by atoms with Crippen LogP contribution in [0.2, 0.25) is 0 Å². The lowest BCUT2D eigenvalue weighted by Gasteiger charge is -2.20. The Morgan fingerprint density at radius 1 is 1.23 bits per heavy atom. The second kappa shape index (κ2) is 7.92. The largest absolute Gasteiger partial charge is 0.348 e. The van der Waals surface area contributed by atoms with Crippen LogP contribution in [0, 0.1) is 0 Å². The van der Waals surface area contributed by atoms with Crippen molar-refractivity contribution >= 4 is 28.3 Å². The van der Waals surface area contributed by atoms with Crippen molar-refractivity contribution in [2.45, 2.75) is 44.2 Å². The van der Waals surface area contributed by atoms with E-state index in [0.29, 0.717) is 12.1 Å². The Hall–Kier alpha value is -1.15. The normalized spacial score (nSPS) is 13.1. The molecule has 1 atom stereocenters. The molecule has 126 valence electrons. The molecule has 0 bridgehead atoms. The van der Waals surface area contributed by atoms with Gasteiger partial charge in [-0.25, -0.2) is 13.1 Å².